The van der Waals surface area contributed by atoms with E-state index in [1.54, 1.807) is 0 Å². The van der Waals surface area contributed by atoms with Gasteiger partial charge in [-0.05, 0) is 17.5 Å². The number of rotatable bonds is 8. The maximum atomic E-state index is 11.9. The second kappa shape index (κ2) is 11.0. The summed E-state index contributed by atoms with van der Waals surface area (Å²) in [7, 11) is 0. The minimum Gasteiger partial charge on any atom is -0.388 e. The molecular formula is C24H30N2O5. The van der Waals surface area contributed by atoms with Gasteiger partial charge in [-0.3, -0.25) is 9.59 Å². The molecule has 0 aliphatic heterocycles. The van der Waals surface area contributed by atoms with Crippen molar-refractivity contribution in [2.75, 3.05) is 0 Å². The van der Waals surface area contributed by atoms with Crippen molar-refractivity contribution in [2.45, 2.75) is 63.9 Å². The Morgan fingerprint density at radius 3 is 1.74 bits per heavy atom. The highest BCUT2D eigenvalue weighted by atomic mass is 16.5. The van der Waals surface area contributed by atoms with Gasteiger partial charge in [-0.15, -0.1) is 0 Å². The van der Waals surface area contributed by atoms with Gasteiger partial charge < -0.3 is 25.2 Å². The number of hydrogen-bond acceptors (Lipinski definition) is 5. The Balaban J connectivity index is 1.82. The lowest BCUT2D eigenvalue weighted by Gasteiger charge is -2.44. The van der Waals surface area contributed by atoms with E-state index >= 15 is 0 Å². The number of amides is 2. The third-order valence-corrected chi connectivity index (χ3v) is 5.32. The molecule has 166 valence electrons. The van der Waals surface area contributed by atoms with Gasteiger partial charge in [0, 0.05) is 13.8 Å². The summed E-state index contributed by atoms with van der Waals surface area (Å²) >= 11 is 0. The molecule has 0 spiro atoms. The molecule has 7 nitrogen and oxygen atoms in total. The van der Waals surface area contributed by atoms with Crippen LogP contribution in [-0.4, -0.2) is 47.3 Å². The van der Waals surface area contributed by atoms with Gasteiger partial charge in [0.15, 0.2) is 0 Å². The highest BCUT2D eigenvalue weighted by Crippen LogP contribution is 2.28. The van der Waals surface area contributed by atoms with Crippen LogP contribution in [0.15, 0.2) is 60.7 Å². The van der Waals surface area contributed by atoms with Crippen molar-refractivity contribution in [3.63, 3.8) is 0 Å². The van der Waals surface area contributed by atoms with E-state index in [0.717, 1.165) is 11.1 Å². The molecule has 0 unspecified atom stereocenters. The standard InChI is InChI=1S/C24H30N2O5/c1-16(27)25-20-13-21(26-17(2)28)23(30-14-18-9-5-3-6-10-18)24(22(20)29)31-15-19-11-7-4-8-12-19/h3-12,20-24,29H,13-15H2,1-2H3,(H,25,27)(H,26,28)/t20-,21+,22+,23-,24-/m1/s1. The molecule has 0 aromatic heterocycles. The molecule has 2 aromatic rings. The number of aliphatic hydroxyl groups excluding tert-OH is 1. The fourth-order valence-corrected chi connectivity index (χ4v) is 3.94. The minimum absolute atomic E-state index is 0.210. The fraction of sp³-hybridized carbons (Fsp3) is 0.417. The Hall–Kier alpha value is -2.74. The average Bonchev–Trinajstić information content (AvgIpc) is 2.75. The molecule has 2 aromatic carbocycles. The molecule has 7 heteroatoms. The molecule has 0 radical (unpaired) electrons. The van der Waals surface area contributed by atoms with Crippen LogP contribution < -0.4 is 10.6 Å². The number of carbonyl (C=O) groups excluding carboxylic acids is 2. The van der Waals surface area contributed by atoms with Gasteiger partial charge in [-0.1, -0.05) is 60.7 Å². The first-order valence-electron chi connectivity index (χ1n) is 10.5. The van der Waals surface area contributed by atoms with Crippen molar-refractivity contribution in [3.05, 3.63) is 71.8 Å². The summed E-state index contributed by atoms with van der Waals surface area (Å²) in [5, 5.41) is 16.7. The zero-order chi connectivity index (χ0) is 22.2. The monoisotopic (exact) mass is 426 g/mol. The SMILES string of the molecule is CC(=O)N[C@H]1C[C@@H](NC(C)=O)[C@H](O)[C@@H](OCc2ccccc2)[C@@H]1OCc1ccccc1. The van der Waals surface area contributed by atoms with Gasteiger partial charge in [0.1, 0.15) is 18.3 Å². The maximum Gasteiger partial charge on any atom is 0.217 e. The summed E-state index contributed by atoms with van der Waals surface area (Å²) in [6.45, 7) is 3.42. The summed E-state index contributed by atoms with van der Waals surface area (Å²) < 4.78 is 12.3. The van der Waals surface area contributed by atoms with Crippen molar-refractivity contribution in [3.8, 4) is 0 Å². The van der Waals surface area contributed by atoms with Gasteiger partial charge in [0.05, 0.1) is 25.3 Å². The number of nitrogens with one attached hydrogen (secondary N) is 2. The third-order valence-electron chi connectivity index (χ3n) is 5.32. The van der Waals surface area contributed by atoms with Crippen LogP contribution in [0.4, 0.5) is 0 Å². The van der Waals surface area contributed by atoms with Crippen molar-refractivity contribution in [2.24, 2.45) is 0 Å². The van der Waals surface area contributed by atoms with Crippen LogP contribution in [0.2, 0.25) is 0 Å². The van der Waals surface area contributed by atoms with E-state index in [1.165, 1.54) is 13.8 Å². The molecule has 1 aliphatic rings. The lowest BCUT2D eigenvalue weighted by molar-refractivity contribution is -0.172. The second-order valence-electron chi connectivity index (χ2n) is 7.86. The van der Waals surface area contributed by atoms with Crippen molar-refractivity contribution in [1.29, 1.82) is 0 Å². The zero-order valence-electron chi connectivity index (χ0n) is 17.9. The largest absolute Gasteiger partial charge is 0.388 e. The van der Waals surface area contributed by atoms with E-state index in [0.29, 0.717) is 13.0 Å². The molecule has 0 bridgehead atoms. The van der Waals surface area contributed by atoms with Gasteiger partial charge >= 0.3 is 0 Å². The average molecular weight is 427 g/mol. The van der Waals surface area contributed by atoms with E-state index in [1.807, 2.05) is 60.7 Å². The van der Waals surface area contributed by atoms with Gasteiger partial charge in [0.25, 0.3) is 0 Å². The Morgan fingerprint density at radius 1 is 0.806 bits per heavy atom. The van der Waals surface area contributed by atoms with E-state index in [9.17, 15) is 14.7 Å². The summed E-state index contributed by atoms with van der Waals surface area (Å²) in [5.41, 5.74) is 1.93. The second-order valence-corrected chi connectivity index (χ2v) is 7.86. The summed E-state index contributed by atoms with van der Waals surface area (Å²) in [6, 6.07) is 18.3. The van der Waals surface area contributed by atoms with Crippen LogP contribution >= 0.6 is 0 Å². The molecule has 0 saturated heterocycles. The highest BCUT2D eigenvalue weighted by Gasteiger charge is 2.46. The molecule has 1 fully saturated rings. The van der Waals surface area contributed by atoms with Gasteiger partial charge in [-0.25, -0.2) is 0 Å². The number of benzene rings is 2. The molecule has 31 heavy (non-hydrogen) atoms. The smallest absolute Gasteiger partial charge is 0.217 e. The Kier molecular flexibility index (Phi) is 8.17. The van der Waals surface area contributed by atoms with Crippen LogP contribution in [0, 0.1) is 0 Å². The van der Waals surface area contributed by atoms with Gasteiger partial charge in [0.2, 0.25) is 11.8 Å². The Bertz CT molecular complexity index is 846. The van der Waals surface area contributed by atoms with Crippen molar-refractivity contribution >= 4 is 11.8 Å². The Labute approximate surface area is 182 Å². The van der Waals surface area contributed by atoms with Crippen LogP contribution in [0.5, 0.6) is 0 Å². The highest BCUT2D eigenvalue weighted by molar-refractivity contribution is 5.74. The van der Waals surface area contributed by atoms with Crippen LogP contribution in [0.25, 0.3) is 0 Å². The molecule has 2 amide bonds. The van der Waals surface area contributed by atoms with E-state index in [4.69, 9.17) is 9.47 Å². The van der Waals surface area contributed by atoms with Gasteiger partial charge in [-0.2, -0.15) is 0 Å². The summed E-state index contributed by atoms with van der Waals surface area (Å²) in [6.07, 6.45) is -1.98. The molecular weight excluding hydrogens is 396 g/mol. The van der Waals surface area contributed by atoms with Crippen LogP contribution in [0.1, 0.15) is 31.4 Å². The first-order valence-corrected chi connectivity index (χ1v) is 10.5. The molecule has 1 aliphatic carbocycles. The molecule has 5 atom stereocenters. The predicted octanol–water partition coefficient (Wildman–Crippen LogP) is 1.93. The fourth-order valence-electron chi connectivity index (χ4n) is 3.94. The Morgan fingerprint density at radius 2 is 1.26 bits per heavy atom. The molecule has 1 saturated carbocycles. The molecule has 3 N–H and O–H groups in total. The first-order chi connectivity index (χ1) is 14.9. The topological polar surface area (TPSA) is 96.9 Å². The lowest BCUT2D eigenvalue weighted by atomic mass is 9.83. The number of aliphatic hydroxyl groups is 1. The first kappa shape index (κ1) is 22.9. The molecule has 0 heterocycles. The van der Waals surface area contributed by atoms with Crippen LogP contribution in [0.3, 0.4) is 0 Å². The normalized spacial score (nSPS) is 25.6. The predicted molar refractivity (Wildman–Crippen MR) is 116 cm³/mol. The zero-order valence-corrected chi connectivity index (χ0v) is 17.9. The summed E-state index contributed by atoms with van der Waals surface area (Å²) in [5.74, 6) is -0.464. The van der Waals surface area contributed by atoms with E-state index in [-0.39, 0.29) is 18.4 Å². The maximum absolute atomic E-state index is 11.9. The number of carbonyl (C=O) groups is 2. The van der Waals surface area contributed by atoms with Crippen molar-refractivity contribution < 1.29 is 24.2 Å². The minimum atomic E-state index is -0.988. The number of ether oxygens (including phenoxy) is 2. The van der Waals surface area contributed by atoms with E-state index in [2.05, 4.69) is 10.6 Å². The third kappa shape index (κ3) is 6.62. The quantitative estimate of drug-likeness (QED) is 0.599. The number of hydrogen-bond donors (Lipinski definition) is 3. The molecule has 3 rings (SSSR count). The van der Waals surface area contributed by atoms with E-state index < -0.39 is 30.4 Å². The van der Waals surface area contributed by atoms with Crippen LogP contribution in [-0.2, 0) is 32.3 Å². The van der Waals surface area contributed by atoms with Crippen molar-refractivity contribution in [1.82, 2.24) is 10.6 Å². The lowest BCUT2D eigenvalue weighted by Crippen LogP contribution is -2.65. The summed E-state index contributed by atoms with van der Waals surface area (Å²) in [4.78, 5) is 23.6.